The number of nitrogens with zero attached hydrogens (tertiary/aromatic N) is 2. The van der Waals surface area contributed by atoms with Crippen LogP contribution in [-0.2, 0) is 13.5 Å². The number of aryl methyl sites for hydroxylation is 2. The number of hydrogen-bond acceptors (Lipinski definition) is 3. The molecule has 0 saturated heterocycles. The Morgan fingerprint density at radius 1 is 1.27 bits per heavy atom. The molecule has 3 N–H and O–H groups in total. The fourth-order valence-electron chi connectivity index (χ4n) is 2.37. The molecule has 2 aromatic rings. The van der Waals surface area contributed by atoms with Gasteiger partial charge in [-0.05, 0) is 38.0 Å². The van der Waals surface area contributed by atoms with E-state index in [0.29, 0.717) is 17.1 Å². The maximum absolute atomic E-state index is 12.1. The van der Waals surface area contributed by atoms with E-state index in [1.807, 2.05) is 25.6 Å². The van der Waals surface area contributed by atoms with Crippen molar-refractivity contribution in [1.82, 2.24) is 15.1 Å². The highest BCUT2D eigenvalue weighted by Crippen LogP contribution is 2.12. The van der Waals surface area contributed by atoms with Crippen molar-refractivity contribution in [1.29, 1.82) is 0 Å². The van der Waals surface area contributed by atoms with Gasteiger partial charge in [0.25, 0.3) is 5.91 Å². The number of hydrogen-bond donors (Lipinski definition) is 2. The van der Waals surface area contributed by atoms with Crippen molar-refractivity contribution in [3.63, 3.8) is 0 Å². The summed E-state index contributed by atoms with van der Waals surface area (Å²) >= 11 is 4.89. The van der Waals surface area contributed by atoms with Crippen molar-refractivity contribution in [2.24, 2.45) is 12.8 Å². The minimum atomic E-state index is -0.103. The van der Waals surface area contributed by atoms with E-state index in [0.717, 1.165) is 23.4 Å². The summed E-state index contributed by atoms with van der Waals surface area (Å²) in [6, 6.07) is 6.97. The van der Waals surface area contributed by atoms with Crippen LogP contribution in [0.25, 0.3) is 0 Å². The van der Waals surface area contributed by atoms with Crippen molar-refractivity contribution < 1.29 is 4.79 Å². The number of thiocarbonyl (C=S) groups is 1. The van der Waals surface area contributed by atoms with E-state index in [4.69, 9.17) is 18.0 Å². The Balaban J connectivity index is 1.94. The molecule has 5 nitrogen and oxygen atoms in total. The topological polar surface area (TPSA) is 72.9 Å². The summed E-state index contributed by atoms with van der Waals surface area (Å²) in [7, 11) is 1.92. The van der Waals surface area contributed by atoms with Gasteiger partial charge in [0, 0.05) is 30.4 Å². The number of nitrogens with one attached hydrogen (secondary N) is 1. The van der Waals surface area contributed by atoms with Crippen LogP contribution >= 0.6 is 12.2 Å². The Morgan fingerprint density at radius 3 is 2.36 bits per heavy atom. The second-order valence-electron chi connectivity index (χ2n) is 5.22. The van der Waals surface area contributed by atoms with E-state index in [-0.39, 0.29) is 5.91 Å². The monoisotopic (exact) mass is 316 g/mol. The van der Waals surface area contributed by atoms with Crippen LogP contribution in [0, 0.1) is 13.8 Å². The zero-order valence-electron chi connectivity index (χ0n) is 13.0. The van der Waals surface area contributed by atoms with Crippen molar-refractivity contribution in [2.45, 2.75) is 20.3 Å². The van der Waals surface area contributed by atoms with Gasteiger partial charge in [-0.25, -0.2) is 0 Å². The average Bonchev–Trinajstić information content (AvgIpc) is 2.73. The third kappa shape index (κ3) is 3.51. The average molecular weight is 316 g/mol. The fraction of sp³-hybridized carbons (Fsp3) is 0.312. The maximum Gasteiger partial charge on any atom is 0.251 e. The molecule has 1 heterocycles. The number of carbonyl (C=O) groups excluding carboxylic acids is 1. The molecule has 0 bridgehead atoms. The van der Waals surface area contributed by atoms with Crippen LogP contribution < -0.4 is 11.1 Å². The molecule has 22 heavy (non-hydrogen) atoms. The van der Waals surface area contributed by atoms with Crippen LogP contribution in [0.1, 0.15) is 32.9 Å². The molecule has 1 aromatic heterocycles. The predicted molar refractivity (Wildman–Crippen MR) is 91.0 cm³/mol. The third-order valence-corrected chi connectivity index (χ3v) is 3.99. The van der Waals surface area contributed by atoms with Crippen molar-refractivity contribution >= 4 is 23.1 Å². The van der Waals surface area contributed by atoms with Crippen LogP contribution in [0.4, 0.5) is 0 Å². The molecule has 6 heteroatoms. The predicted octanol–water partition coefficient (Wildman–Crippen LogP) is 1.64. The molecule has 0 radical (unpaired) electrons. The van der Waals surface area contributed by atoms with Gasteiger partial charge in [-0.3, -0.25) is 9.48 Å². The van der Waals surface area contributed by atoms with E-state index in [1.165, 1.54) is 5.56 Å². The molecule has 0 atom stereocenters. The van der Waals surface area contributed by atoms with Gasteiger partial charge in [-0.2, -0.15) is 5.10 Å². The molecule has 0 saturated carbocycles. The first-order valence-electron chi connectivity index (χ1n) is 7.07. The van der Waals surface area contributed by atoms with Crippen molar-refractivity contribution in [3.05, 3.63) is 52.3 Å². The van der Waals surface area contributed by atoms with E-state index in [2.05, 4.69) is 10.4 Å². The Morgan fingerprint density at radius 2 is 1.86 bits per heavy atom. The van der Waals surface area contributed by atoms with Gasteiger partial charge in [-0.1, -0.05) is 24.4 Å². The number of aromatic nitrogens is 2. The number of nitrogens with two attached hydrogens (primary N) is 1. The lowest BCUT2D eigenvalue weighted by Gasteiger charge is -2.06. The first kappa shape index (κ1) is 16.2. The third-order valence-electron chi connectivity index (χ3n) is 3.75. The Kier molecular flexibility index (Phi) is 4.92. The first-order valence-corrected chi connectivity index (χ1v) is 7.48. The number of amides is 1. The molecule has 0 aliphatic carbocycles. The van der Waals surface area contributed by atoms with Crippen LogP contribution in [-0.4, -0.2) is 27.2 Å². The van der Waals surface area contributed by atoms with Gasteiger partial charge in [-0.15, -0.1) is 0 Å². The highest BCUT2D eigenvalue weighted by Gasteiger charge is 2.10. The molecule has 0 unspecified atom stereocenters. The normalized spacial score (nSPS) is 10.5. The minimum absolute atomic E-state index is 0.103. The van der Waals surface area contributed by atoms with Gasteiger partial charge in [0.05, 0.1) is 5.69 Å². The Labute approximate surface area is 135 Å². The summed E-state index contributed by atoms with van der Waals surface area (Å²) in [5.41, 5.74) is 10.2. The van der Waals surface area contributed by atoms with E-state index in [9.17, 15) is 4.79 Å². The molecule has 1 amide bonds. The Hall–Kier alpha value is -2.21. The summed E-state index contributed by atoms with van der Waals surface area (Å²) in [5, 5.41) is 7.29. The second kappa shape index (κ2) is 6.70. The lowest BCUT2D eigenvalue weighted by molar-refractivity contribution is 0.0954. The van der Waals surface area contributed by atoms with Crippen molar-refractivity contribution in [3.8, 4) is 0 Å². The number of carbonyl (C=O) groups is 1. The van der Waals surface area contributed by atoms with Crippen LogP contribution in [0.5, 0.6) is 0 Å². The summed E-state index contributed by atoms with van der Waals surface area (Å²) in [6.07, 6.45) is 0.766. The van der Waals surface area contributed by atoms with Gasteiger partial charge in [0.1, 0.15) is 4.99 Å². The smallest absolute Gasteiger partial charge is 0.251 e. The zero-order chi connectivity index (χ0) is 16.3. The van der Waals surface area contributed by atoms with Crippen molar-refractivity contribution in [2.75, 3.05) is 6.54 Å². The number of benzene rings is 1. The van der Waals surface area contributed by atoms with Crippen LogP contribution in [0.2, 0.25) is 0 Å². The lowest BCUT2D eigenvalue weighted by atomic mass is 10.1. The standard InChI is InChI=1S/C16H20N4OS/c1-10-14(11(2)20(3)19-10)8-9-18-16(21)13-6-4-12(5-7-13)15(17)22/h4-7H,8-9H2,1-3H3,(H2,17,22)(H,18,21). The van der Waals surface area contributed by atoms with Gasteiger partial charge in [0.15, 0.2) is 0 Å². The van der Waals surface area contributed by atoms with E-state index < -0.39 is 0 Å². The largest absolute Gasteiger partial charge is 0.389 e. The van der Waals surface area contributed by atoms with Crippen LogP contribution in [0.15, 0.2) is 24.3 Å². The lowest BCUT2D eigenvalue weighted by Crippen LogP contribution is -2.26. The molecular formula is C16H20N4OS. The minimum Gasteiger partial charge on any atom is -0.389 e. The molecule has 0 fully saturated rings. The Bertz CT molecular complexity index is 704. The summed E-state index contributed by atoms with van der Waals surface area (Å²) in [4.78, 5) is 12.4. The number of rotatable bonds is 5. The zero-order valence-corrected chi connectivity index (χ0v) is 13.8. The molecule has 1 aromatic carbocycles. The van der Waals surface area contributed by atoms with Gasteiger partial charge >= 0.3 is 0 Å². The van der Waals surface area contributed by atoms with Gasteiger partial charge in [0.2, 0.25) is 0 Å². The maximum atomic E-state index is 12.1. The molecule has 2 rings (SSSR count). The molecule has 0 aliphatic rings. The highest BCUT2D eigenvalue weighted by atomic mass is 32.1. The highest BCUT2D eigenvalue weighted by molar-refractivity contribution is 7.80. The first-order chi connectivity index (χ1) is 10.4. The molecule has 0 aliphatic heterocycles. The SMILES string of the molecule is Cc1nn(C)c(C)c1CCNC(=O)c1ccc(C(N)=S)cc1. The summed E-state index contributed by atoms with van der Waals surface area (Å²) < 4.78 is 1.86. The summed E-state index contributed by atoms with van der Waals surface area (Å²) in [6.45, 7) is 4.59. The van der Waals surface area contributed by atoms with Gasteiger partial charge < -0.3 is 11.1 Å². The molecule has 116 valence electrons. The quantitative estimate of drug-likeness (QED) is 0.823. The molecular weight excluding hydrogens is 296 g/mol. The fourth-order valence-corrected chi connectivity index (χ4v) is 2.50. The van der Waals surface area contributed by atoms with E-state index in [1.54, 1.807) is 24.3 Å². The van der Waals surface area contributed by atoms with E-state index >= 15 is 0 Å². The second-order valence-corrected chi connectivity index (χ2v) is 5.66. The van der Waals surface area contributed by atoms with Crippen LogP contribution in [0.3, 0.4) is 0 Å². The summed E-state index contributed by atoms with van der Waals surface area (Å²) in [5.74, 6) is -0.103. The molecule has 0 spiro atoms.